The molecule has 0 aromatic heterocycles. The van der Waals surface area contributed by atoms with Crippen LogP contribution in [-0.4, -0.2) is 90.9 Å². The summed E-state index contributed by atoms with van der Waals surface area (Å²) in [4.78, 5) is 56.9. The first kappa shape index (κ1) is 38.2. The van der Waals surface area contributed by atoms with Gasteiger partial charge in [0, 0.05) is 84.5 Å². The van der Waals surface area contributed by atoms with Crippen molar-refractivity contribution < 1.29 is 28.7 Å². The highest BCUT2D eigenvalue weighted by molar-refractivity contribution is 6.31. The second-order valence-electron chi connectivity index (χ2n) is 16.1. The van der Waals surface area contributed by atoms with E-state index in [2.05, 4.69) is 54.2 Å². The number of carbonyl (C=O) groups is 4. The summed E-state index contributed by atoms with van der Waals surface area (Å²) in [6, 6.07) is 19.6. The SMILES string of the molecule is CC1(C)[C@H](NC(=O)c2ccc(N3CCN(CCCOc4cccc5c4CN(C4CCC(=O)NC4=O)C5=O)CC3)cc2)C(C)(C)[C@H]1Oc1ccc(C#N)c(Cl)c1. The first-order chi connectivity index (χ1) is 26.3. The second kappa shape index (κ2) is 15.2. The number of rotatable bonds is 11. The Kier molecular flexibility index (Phi) is 10.5. The number of benzene rings is 3. The molecule has 4 aliphatic rings. The Morgan fingerprint density at radius 3 is 2.40 bits per heavy atom. The average Bonchev–Trinajstić information content (AvgIpc) is 3.50. The molecular weight excluding hydrogens is 720 g/mol. The summed E-state index contributed by atoms with van der Waals surface area (Å²) >= 11 is 6.24. The van der Waals surface area contributed by atoms with Crippen LogP contribution in [-0.2, 0) is 16.1 Å². The van der Waals surface area contributed by atoms with Crippen molar-refractivity contribution in [2.24, 2.45) is 10.8 Å². The molecule has 12 nitrogen and oxygen atoms in total. The van der Waals surface area contributed by atoms with E-state index in [0.717, 1.165) is 50.4 Å². The van der Waals surface area contributed by atoms with Crippen LogP contribution >= 0.6 is 11.6 Å². The van der Waals surface area contributed by atoms with Gasteiger partial charge in [0.05, 0.1) is 23.7 Å². The summed E-state index contributed by atoms with van der Waals surface area (Å²) in [6.07, 6.45) is 1.19. The van der Waals surface area contributed by atoms with Gasteiger partial charge in [-0.15, -0.1) is 0 Å². The number of nitrogens with zero attached hydrogens (tertiary/aromatic N) is 4. The number of nitriles is 1. The molecule has 1 atom stereocenters. The fourth-order valence-electron chi connectivity index (χ4n) is 9.03. The van der Waals surface area contributed by atoms with Gasteiger partial charge in [0.2, 0.25) is 11.8 Å². The molecule has 3 aliphatic heterocycles. The molecule has 3 heterocycles. The van der Waals surface area contributed by atoms with Crippen molar-refractivity contribution >= 4 is 40.9 Å². The lowest BCUT2D eigenvalue weighted by Gasteiger charge is -2.63. The van der Waals surface area contributed by atoms with Crippen molar-refractivity contribution in [2.45, 2.75) is 71.7 Å². The molecule has 1 aliphatic carbocycles. The number of amides is 4. The highest BCUT2D eigenvalue weighted by atomic mass is 35.5. The molecule has 0 spiro atoms. The normalized spacial score (nSPS) is 23.0. The standard InChI is InChI=1S/C42H47ClN6O6/c1-41(2)39(42(3,4)40(41)55-29-14-11-27(24-44)32(43)23-29)46-36(51)26-9-12-28(13-10-26)48-20-18-47(19-21-48)17-6-22-54-34-8-5-7-30-31(34)25-49(38(30)53)33-15-16-35(50)45-37(33)52/h5,7-14,23,33,39-40H,6,15-22,25H2,1-4H3,(H,46,51)(H,45,50,52)/t33?,39-,40-. The van der Waals surface area contributed by atoms with Gasteiger partial charge in [0.15, 0.2) is 0 Å². The molecule has 0 bridgehead atoms. The topological polar surface area (TPSA) is 144 Å². The zero-order valence-electron chi connectivity index (χ0n) is 31.7. The Bertz CT molecular complexity index is 2020. The first-order valence-electron chi connectivity index (χ1n) is 18.9. The van der Waals surface area contributed by atoms with E-state index in [0.29, 0.717) is 46.2 Å². The van der Waals surface area contributed by atoms with Gasteiger partial charge in [-0.1, -0.05) is 45.4 Å². The summed E-state index contributed by atoms with van der Waals surface area (Å²) in [7, 11) is 0. The minimum Gasteiger partial charge on any atom is -0.493 e. The minimum absolute atomic E-state index is 0.122. The summed E-state index contributed by atoms with van der Waals surface area (Å²) < 4.78 is 12.5. The summed E-state index contributed by atoms with van der Waals surface area (Å²) in [5, 5.41) is 15.2. The lowest BCUT2D eigenvalue weighted by Crippen LogP contribution is -2.74. The zero-order chi connectivity index (χ0) is 39.1. The summed E-state index contributed by atoms with van der Waals surface area (Å²) in [5.41, 5.74) is 2.71. The van der Waals surface area contributed by atoms with Crippen molar-refractivity contribution in [3.63, 3.8) is 0 Å². The van der Waals surface area contributed by atoms with Crippen LogP contribution in [0.4, 0.5) is 5.69 Å². The van der Waals surface area contributed by atoms with E-state index < -0.39 is 11.9 Å². The molecule has 288 valence electrons. The number of nitrogens with one attached hydrogen (secondary N) is 2. The third-order valence-corrected chi connectivity index (χ3v) is 12.0. The monoisotopic (exact) mass is 766 g/mol. The Morgan fingerprint density at radius 1 is 1.00 bits per heavy atom. The number of hydrogen-bond acceptors (Lipinski definition) is 9. The van der Waals surface area contributed by atoms with E-state index in [1.807, 2.05) is 30.3 Å². The van der Waals surface area contributed by atoms with Gasteiger partial charge in [0.1, 0.15) is 29.7 Å². The van der Waals surface area contributed by atoms with Crippen molar-refractivity contribution in [3.8, 4) is 17.6 Å². The average molecular weight is 767 g/mol. The minimum atomic E-state index is -0.655. The molecule has 3 aromatic carbocycles. The van der Waals surface area contributed by atoms with Gasteiger partial charge < -0.3 is 24.6 Å². The highest BCUT2D eigenvalue weighted by Crippen LogP contribution is 2.55. The number of hydrogen-bond donors (Lipinski definition) is 2. The Hall–Kier alpha value is -5.12. The van der Waals surface area contributed by atoms with Crippen LogP contribution in [0.2, 0.25) is 5.02 Å². The van der Waals surface area contributed by atoms with Gasteiger partial charge in [-0.25, -0.2) is 0 Å². The van der Waals surface area contributed by atoms with Gasteiger partial charge in [-0.2, -0.15) is 5.26 Å². The molecule has 2 saturated heterocycles. The van der Waals surface area contributed by atoms with Gasteiger partial charge in [-0.05, 0) is 61.4 Å². The van der Waals surface area contributed by atoms with Gasteiger partial charge in [0.25, 0.3) is 11.8 Å². The first-order valence-corrected chi connectivity index (χ1v) is 19.3. The maximum Gasteiger partial charge on any atom is 0.255 e. The molecule has 13 heteroatoms. The van der Waals surface area contributed by atoms with Crippen molar-refractivity contribution in [1.29, 1.82) is 5.26 Å². The molecule has 1 unspecified atom stereocenters. The Morgan fingerprint density at radius 2 is 1.73 bits per heavy atom. The maximum atomic E-state index is 13.4. The predicted octanol–water partition coefficient (Wildman–Crippen LogP) is 5.18. The summed E-state index contributed by atoms with van der Waals surface area (Å²) in [5.74, 6) is 0.197. The quantitative estimate of drug-likeness (QED) is 0.200. The van der Waals surface area contributed by atoms with Crippen molar-refractivity contribution in [3.05, 3.63) is 87.9 Å². The number of piperazine rings is 1. The number of ether oxygens (including phenoxy) is 2. The van der Waals surface area contributed by atoms with E-state index in [4.69, 9.17) is 21.1 Å². The number of anilines is 1. The number of piperidine rings is 1. The summed E-state index contributed by atoms with van der Waals surface area (Å²) in [6.45, 7) is 13.6. The fraction of sp³-hybridized carbons (Fsp3) is 0.452. The van der Waals surface area contributed by atoms with Crippen LogP contribution in [0.25, 0.3) is 0 Å². The van der Waals surface area contributed by atoms with E-state index in [-0.39, 0.29) is 53.7 Å². The van der Waals surface area contributed by atoms with E-state index in [1.54, 1.807) is 35.2 Å². The van der Waals surface area contributed by atoms with Gasteiger partial charge >= 0.3 is 0 Å². The molecule has 4 amide bonds. The fourth-order valence-corrected chi connectivity index (χ4v) is 9.24. The predicted molar refractivity (Wildman–Crippen MR) is 207 cm³/mol. The molecule has 3 aromatic rings. The molecular formula is C42H47ClN6O6. The highest BCUT2D eigenvalue weighted by Gasteiger charge is 2.64. The molecule has 1 saturated carbocycles. The van der Waals surface area contributed by atoms with E-state index >= 15 is 0 Å². The number of carbonyl (C=O) groups excluding carboxylic acids is 4. The van der Waals surface area contributed by atoms with Crippen LogP contribution in [0.3, 0.4) is 0 Å². The van der Waals surface area contributed by atoms with Gasteiger partial charge in [-0.3, -0.25) is 29.4 Å². The van der Waals surface area contributed by atoms with Crippen LogP contribution < -0.4 is 25.0 Å². The molecule has 7 rings (SSSR count). The lowest BCUT2D eigenvalue weighted by molar-refractivity contribution is -0.164. The number of halogens is 1. The smallest absolute Gasteiger partial charge is 0.255 e. The second-order valence-corrected chi connectivity index (χ2v) is 16.5. The third kappa shape index (κ3) is 7.48. The molecule has 55 heavy (non-hydrogen) atoms. The van der Waals surface area contributed by atoms with Crippen molar-refractivity contribution in [2.75, 3.05) is 44.2 Å². The third-order valence-electron chi connectivity index (χ3n) is 11.7. The van der Waals surface area contributed by atoms with E-state index in [9.17, 15) is 24.4 Å². The van der Waals surface area contributed by atoms with Crippen LogP contribution in [0.5, 0.6) is 11.5 Å². The zero-order valence-corrected chi connectivity index (χ0v) is 32.4. The molecule has 3 fully saturated rings. The molecule has 0 radical (unpaired) electrons. The largest absolute Gasteiger partial charge is 0.493 e. The Labute approximate surface area is 326 Å². The number of fused-ring (bicyclic) bond motifs is 1. The van der Waals surface area contributed by atoms with Crippen LogP contribution in [0.1, 0.15) is 78.8 Å². The Balaban J connectivity index is 0.853. The number of imide groups is 1. The van der Waals surface area contributed by atoms with Crippen LogP contribution in [0.15, 0.2) is 60.7 Å². The lowest BCUT2D eigenvalue weighted by atomic mass is 9.49. The van der Waals surface area contributed by atoms with E-state index in [1.165, 1.54) is 0 Å². The van der Waals surface area contributed by atoms with Crippen LogP contribution in [0, 0.1) is 22.2 Å². The maximum absolute atomic E-state index is 13.4. The molecule has 2 N–H and O–H groups in total. The van der Waals surface area contributed by atoms with Crippen molar-refractivity contribution in [1.82, 2.24) is 20.4 Å².